The summed E-state index contributed by atoms with van der Waals surface area (Å²) in [5.74, 6) is 0.673. The molecule has 2 atom stereocenters. The van der Waals surface area contributed by atoms with Crippen molar-refractivity contribution < 1.29 is 23.9 Å². The van der Waals surface area contributed by atoms with E-state index in [0.717, 1.165) is 38.2 Å². The molecule has 1 fully saturated rings. The molecule has 0 saturated heterocycles. The zero-order valence-corrected chi connectivity index (χ0v) is 21.0. The number of aromatic nitrogens is 2. The zero-order chi connectivity index (χ0) is 25.7. The largest absolute Gasteiger partial charge is 0.497 e. The van der Waals surface area contributed by atoms with Crippen LogP contribution in [-0.2, 0) is 4.79 Å². The number of amides is 2. The molecule has 4 heterocycles. The molecule has 8 rings (SSSR count). The Morgan fingerprint density at radius 3 is 1.84 bits per heavy atom. The Bertz CT molecular complexity index is 1880. The Morgan fingerprint density at radius 2 is 1.30 bits per heavy atom. The summed E-state index contributed by atoms with van der Waals surface area (Å²) >= 11 is 0. The Balaban J connectivity index is 0.00000113. The topological polar surface area (TPSA) is 91.6 Å². The van der Waals surface area contributed by atoms with Crippen LogP contribution in [0.15, 0.2) is 36.4 Å². The molecule has 8 heteroatoms. The van der Waals surface area contributed by atoms with Gasteiger partial charge in [0, 0.05) is 39.5 Å². The first-order valence-electron chi connectivity index (χ1n) is 12.6. The second-order valence-electron chi connectivity index (χ2n) is 9.56. The monoisotopic (exact) mass is 495 g/mol. The van der Waals surface area contributed by atoms with Gasteiger partial charge in [-0.05, 0) is 42.8 Å². The molecule has 186 valence electrons. The van der Waals surface area contributed by atoms with Gasteiger partial charge in [-0.15, -0.1) is 0 Å². The van der Waals surface area contributed by atoms with E-state index in [2.05, 4.69) is 14.5 Å². The highest BCUT2D eigenvalue weighted by molar-refractivity contribution is 6.39. The fourth-order valence-electron chi connectivity index (χ4n) is 6.74. The normalized spacial score (nSPS) is 19.5. The summed E-state index contributed by atoms with van der Waals surface area (Å²) in [5.41, 5.74) is 4.25. The predicted molar refractivity (Wildman–Crippen MR) is 141 cm³/mol. The number of hydrogen-bond donors (Lipinski definition) is 1. The number of nitrogens with zero attached hydrogens (tertiary/aromatic N) is 2. The number of Topliss-reactive ketones (excluding diaryl/α,β-unsaturated/α-hetero) is 1. The smallest absolute Gasteiger partial charge is 0.259 e. The number of carbonyl (C=O) groups excluding carboxylic acids is 3. The third kappa shape index (κ3) is 2.50. The average molecular weight is 496 g/mol. The highest BCUT2D eigenvalue weighted by Crippen LogP contribution is 2.53. The Kier molecular flexibility index (Phi) is 4.35. The van der Waals surface area contributed by atoms with E-state index >= 15 is 0 Å². The van der Waals surface area contributed by atoms with Crippen molar-refractivity contribution in [3.05, 3.63) is 47.5 Å². The van der Waals surface area contributed by atoms with E-state index in [4.69, 9.17) is 9.47 Å². The summed E-state index contributed by atoms with van der Waals surface area (Å²) in [4.78, 5) is 39.9. The molecule has 1 N–H and O–H groups in total. The van der Waals surface area contributed by atoms with Gasteiger partial charge < -0.3 is 18.6 Å². The lowest BCUT2D eigenvalue weighted by Gasteiger charge is -2.15. The lowest BCUT2D eigenvalue weighted by Crippen LogP contribution is -2.20. The van der Waals surface area contributed by atoms with Crippen LogP contribution in [0.5, 0.6) is 11.5 Å². The van der Waals surface area contributed by atoms with Crippen molar-refractivity contribution in [2.75, 3.05) is 14.2 Å². The van der Waals surface area contributed by atoms with Gasteiger partial charge in [0.1, 0.15) is 11.5 Å². The fourth-order valence-corrected chi connectivity index (χ4v) is 6.74. The van der Waals surface area contributed by atoms with Gasteiger partial charge in [0.2, 0.25) is 0 Å². The van der Waals surface area contributed by atoms with Crippen LogP contribution < -0.4 is 14.8 Å². The molecule has 5 aromatic rings. The molecule has 0 radical (unpaired) electrons. The number of ether oxygens (including phenoxy) is 2. The quantitative estimate of drug-likeness (QED) is 0.336. The van der Waals surface area contributed by atoms with E-state index in [1.165, 1.54) is 0 Å². The number of methoxy groups -OCH3 is 2. The number of carbonyl (C=O) groups is 3. The van der Waals surface area contributed by atoms with Crippen molar-refractivity contribution in [2.45, 2.75) is 38.8 Å². The maximum Gasteiger partial charge on any atom is 0.259 e. The Hall–Kier alpha value is -4.33. The second kappa shape index (κ2) is 7.35. The SMILES string of the molecule is CC.COc1ccc2c(c1)c1c3c(c4c5cc(OC)ccc5n5c4c1n2C1CC(=O)C5C1)C(=O)NC3=O. The van der Waals surface area contributed by atoms with E-state index in [1.807, 2.05) is 50.2 Å². The molecule has 8 nitrogen and oxygen atoms in total. The van der Waals surface area contributed by atoms with E-state index in [-0.39, 0.29) is 17.9 Å². The molecule has 37 heavy (non-hydrogen) atoms. The number of hydrogen-bond acceptors (Lipinski definition) is 5. The third-order valence-corrected chi connectivity index (χ3v) is 8.06. The van der Waals surface area contributed by atoms with Gasteiger partial charge in [-0.1, -0.05) is 13.8 Å². The number of benzene rings is 3. The summed E-state index contributed by atoms with van der Waals surface area (Å²) in [6, 6.07) is 11.2. The first-order chi connectivity index (χ1) is 18.0. The van der Waals surface area contributed by atoms with Crippen LogP contribution in [0, 0.1) is 0 Å². The number of ketones is 1. The lowest BCUT2D eigenvalue weighted by atomic mass is 9.96. The number of fused-ring (bicyclic) bond motifs is 13. The highest BCUT2D eigenvalue weighted by atomic mass is 16.5. The van der Waals surface area contributed by atoms with Crippen molar-refractivity contribution in [1.82, 2.24) is 14.5 Å². The van der Waals surface area contributed by atoms with Gasteiger partial charge in [0.05, 0.1) is 47.9 Å². The second-order valence-corrected chi connectivity index (χ2v) is 9.56. The van der Waals surface area contributed by atoms with E-state index < -0.39 is 11.8 Å². The standard InChI is InChI=1S/C27H19N3O5.C2H6/c1-34-12-3-5-16-14(9-12)20-22-23(27(33)28-26(22)32)21-15-10-13(35-2)4-6-17(15)30-18-7-11(8-19(18)31)29(16)24(20)25(21)30;1-2/h3-6,9-11,18H,7-8H2,1-2H3,(H,28,32,33);1-2H3. The van der Waals surface area contributed by atoms with Crippen molar-refractivity contribution in [1.29, 1.82) is 0 Å². The van der Waals surface area contributed by atoms with Crippen molar-refractivity contribution in [2.24, 2.45) is 0 Å². The van der Waals surface area contributed by atoms with Gasteiger partial charge in [-0.2, -0.15) is 0 Å². The summed E-state index contributed by atoms with van der Waals surface area (Å²) < 4.78 is 15.3. The van der Waals surface area contributed by atoms with Crippen LogP contribution >= 0.6 is 0 Å². The van der Waals surface area contributed by atoms with Crippen LogP contribution in [0.4, 0.5) is 0 Å². The molecular formula is C29H25N3O5. The Morgan fingerprint density at radius 1 is 0.784 bits per heavy atom. The minimum absolute atomic E-state index is 0.0319. The van der Waals surface area contributed by atoms with Crippen LogP contribution in [0.2, 0.25) is 0 Å². The van der Waals surface area contributed by atoms with Crippen molar-refractivity contribution >= 4 is 61.2 Å². The molecule has 2 unspecified atom stereocenters. The minimum Gasteiger partial charge on any atom is -0.497 e. The molecule has 1 saturated carbocycles. The van der Waals surface area contributed by atoms with Crippen molar-refractivity contribution in [3.63, 3.8) is 0 Å². The molecular weight excluding hydrogens is 470 g/mol. The molecule has 0 spiro atoms. The molecule has 1 aliphatic carbocycles. The molecule has 2 aliphatic heterocycles. The van der Waals surface area contributed by atoms with Gasteiger partial charge >= 0.3 is 0 Å². The van der Waals surface area contributed by atoms with E-state index in [1.54, 1.807) is 14.2 Å². The maximum atomic E-state index is 13.3. The van der Waals surface area contributed by atoms with Crippen LogP contribution in [0.3, 0.4) is 0 Å². The third-order valence-electron chi connectivity index (χ3n) is 8.06. The molecule has 2 amide bonds. The van der Waals surface area contributed by atoms with Gasteiger partial charge in [-0.25, -0.2) is 0 Å². The van der Waals surface area contributed by atoms with Gasteiger partial charge in [0.25, 0.3) is 11.8 Å². The first kappa shape index (κ1) is 21.9. The minimum atomic E-state index is -0.418. The fraction of sp³-hybridized carbons (Fsp3) is 0.276. The van der Waals surface area contributed by atoms with Crippen LogP contribution in [-0.4, -0.2) is 41.0 Å². The summed E-state index contributed by atoms with van der Waals surface area (Å²) in [6.07, 6.45) is 1.09. The van der Waals surface area contributed by atoms with Gasteiger partial charge in [-0.3, -0.25) is 19.7 Å². The maximum absolute atomic E-state index is 13.3. The molecule has 3 aliphatic rings. The van der Waals surface area contributed by atoms with Gasteiger partial charge in [0.15, 0.2) is 5.78 Å². The van der Waals surface area contributed by atoms with Crippen molar-refractivity contribution in [3.8, 4) is 11.5 Å². The average Bonchev–Trinajstić information content (AvgIpc) is 3.60. The first-order valence-corrected chi connectivity index (χ1v) is 12.6. The Labute approximate surface area is 211 Å². The van der Waals surface area contributed by atoms with E-state index in [9.17, 15) is 14.4 Å². The summed E-state index contributed by atoms with van der Waals surface area (Å²) in [7, 11) is 3.20. The highest BCUT2D eigenvalue weighted by Gasteiger charge is 2.44. The number of imide groups is 1. The molecule has 2 bridgehead atoms. The van der Waals surface area contributed by atoms with Crippen LogP contribution in [0.25, 0.3) is 43.6 Å². The van der Waals surface area contributed by atoms with Crippen LogP contribution in [0.1, 0.15) is 59.5 Å². The van der Waals surface area contributed by atoms with E-state index in [0.29, 0.717) is 40.9 Å². The molecule has 3 aromatic carbocycles. The lowest BCUT2D eigenvalue weighted by molar-refractivity contribution is -0.120. The summed E-state index contributed by atoms with van der Waals surface area (Å²) in [6.45, 7) is 4.00. The number of rotatable bonds is 2. The summed E-state index contributed by atoms with van der Waals surface area (Å²) in [5, 5.41) is 5.60. The zero-order valence-electron chi connectivity index (χ0n) is 21.0. The predicted octanol–water partition coefficient (Wildman–Crippen LogP) is 5.29. The number of nitrogens with one attached hydrogen (secondary N) is 1. The molecule has 2 aromatic heterocycles.